The second-order valence-corrected chi connectivity index (χ2v) is 9.05. The van der Waals surface area contributed by atoms with E-state index in [1.54, 1.807) is 0 Å². The molecule has 2 aliphatic rings. The molecule has 0 radical (unpaired) electrons. The zero-order valence-corrected chi connectivity index (χ0v) is 17.0. The highest BCUT2D eigenvalue weighted by Gasteiger charge is 2.37. The number of hydrogen-bond donors (Lipinski definition) is 0. The van der Waals surface area contributed by atoms with Gasteiger partial charge in [0.2, 0.25) is 0 Å². The number of piperidine rings is 1. The van der Waals surface area contributed by atoms with E-state index in [0.29, 0.717) is 6.61 Å². The van der Waals surface area contributed by atoms with Crippen LogP contribution in [0.5, 0.6) is 0 Å². The van der Waals surface area contributed by atoms with Crippen molar-refractivity contribution in [3.63, 3.8) is 0 Å². The van der Waals surface area contributed by atoms with E-state index in [-0.39, 0.29) is 17.0 Å². The summed E-state index contributed by atoms with van der Waals surface area (Å²) in [6.45, 7) is 8.32. The molecule has 1 saturated heterocycles. The highest BCUT2D eigenvalue weighted by molar-refractivity contribution is 5.68. The van der Waals surface area contributed by atoms with Gasteiger partial charge in [0, 0.05) is 19.3 Å². The molecule has 1 aliphatic carbocycles. The second kappa shape index (κ2) is 7.12. The number of hydrogen-bond acceptors (Lipinski definition) is 3. The summed E-state index contributed by atoms with van der Waals surface area (Å²) in [5.41, 5.74) is 3.55. The Morgan fingerprint density at radius 2 is 1.89 bits per heavy atom. The van der Waals surface area contributed by atoms with Crippen LogP contribution in [-0.2, 0) is 23.3 Å². The number of carbonyl (C=O) groups excluding carboxylic acids is 1. The molecule has 1 spiro atoms. The van der Waals surface area contributed by atoms with Crippen LogP contribution in [0.4, 0.5) is 4.79 Å². The maximum Gasteiger partial charge on any atom is 0.410 e. The van der Waals surface area contributed by atoms with Gasteiger partial charge in [0.1, 0.15) is 6.61 Å². The standard InChI is InChI=1S/C23H29N3O2/c1-22(2,3)26-16-19-15-23(10-9-20(19)24-26)11-13-25(14-12-23)21(27)28-17-18-7-5-4-6-8-18/h4-10,16H,11-15,17H2,1-3H3. The van der Waals surface area contributed by atoms with Crippen molar-refractivity contribution in [2.24, 2.45) is 5.41 Å². The molecule has 1 aromatic heterocycles. The number of rotatable bonds is 2. The van der Waals surface area contributed by atoms with Gasteiger partial charge in [-0.15, -0.1) is 0 Å². The molecule has 2 aromatic rings. The summed E-state index contributed by atoms with van der Waals surface area (Å²) < 4.78 is 7.56. The summed E-state index contributed by atoms with van der Waals surface area (Å²) in [7, 11) is 0. The largest absolute Gasteiger partial charge is 0.445 e. The molecule has 148 valence electrons. The number of aromatic nitrogens is 2. The highest BCUT2D eigenvalue weighted by atomic mass is 16.6. The van der Waals surface area contributed by atoms with Crippen molar-refractivity contribution in [2.75, 3.05) is 13.1 Å². The molecule has 28 heavy (non-hydrogen) atoms. The summed E-state index contributed by atoms with van der Waals surface area (Å²) in [6.07, 6.45) is 9.41. The van der Waals surface area contributed by atoms with E-state index in [2.05, 4.69) is 43.8 Å². The molecule has 0 bridgehead atoms. The van der Waals surface area contributed by atoms with E-state index >= 15 is 0 Å². The van der Waals surface area contributed by atoms with Gasteiger partial charge in [-0.3, -0.25) is 4.68 Å². The normalized spacial score (nSPS) is 18.2. The third kappa shape index (κ3) is 3.84. The Balaban J connectivity index is 1.35. The summed E-state index contributed by atoms with van der Waals surface area (Å²) >= 11 is 0. The van der Waals surface area contributed by atoms with Crippen molar-refractivity contribution < 1.29 is 9.53 Å². The Labute approximate surface area is 167 Å². The van der Waals surface area contributed by atoms with Crippen molar-refractivity contribution in [1.29, 1.82) is 0 Å². The number of fused-ring (bicyclic) bond motifs is 1. The summed E-state index contributed by atoms with van der Waals surface area (Å²) in [6, 6.07) is 9.82. The molecule has 0 atom stereocenters. The summed E-state index contributed by atoms with van der Waals surface area (Å²) in [5.74, 6) is 0. The molecule has 4 rings (SSSR count). The number of carbonyl (C=O) groups is 1. The van der Waals surface area contributed by atoms with Crippen molar-refractivity contribution >= 4 is 12.2 Å². The fraction of sp³-hybridized carbons (Fsp3) is 0.478. The van der Waals surface area contributed by atoms with E-state index in [1.165, 1.54) is 5.56 Å². The first-order valence-electron chi connectivity index (χ1n) is 10.1. The van der Waals surface area contributed by atoms with Gasteiger partial charge in [0.05, 0.1) is 11.2 Å². The van der Waals surface area contributed by atoms with Crippen molar-refractivity contribution in [2.45, 2.75) is 52.2 Å². The SMILES string of the molecule is CC(C)(C)n1cc2c(n1)C=CC1(CCN(C(=O)OCc3ccccc3)CC1)C2. The average Bonchev–Trinajstić information content (AvgIpc) is 3.11. The Morgan fingerprint density at radius 3 is 2.57 bits per heavy atom. The molecule has 2 heterocycles. The van der Waals surface area contributed by atoms with Crippen LogP contribution in [0.1, 0.15) is 50.4 Å². The Hall–Kier alpha value is -2.56. The molecule has 1 amide bonds. The van der Waals surface area contributed by atoms with Gasteiger partial charge in [-0.05, 0) is 62.7 Å². The Kier molecular flexibility index (Phi) is 4.77. The monoisotopic (exact) mass is 379 g/mol. The van der Waals surface area contributed by atoms with E-state index in [9.17, 15) is 4.79 Å². The fourth-order valence-electron chi connectivity index (χ4n) is 4.03. The highest BCUT2D eigenvalue weighted by Crippen LogP contribution is 2.41. The van der Waals surface area contributed by atoms with Gasteiger partial charge >= 0.3 is 6.09 Å². The minimum Gasteiger partial charge on any atom is -0.445 e. The zero-order valence-electron chi connectivity index (χ0n) is 17.0. The predicted molar refractivity (Wildman–Crippen MR) is 110 cm³/mol. The van der Waals surface area contributed by atoms with Gasteiger partial charge in [0.25, 0.3) is 0 Å². The molecule has 5 nitrogen and oxygen atoms in total. The Bertz CT molecular complexity index is 869. The predicted octanol–water partition coefficient (Wildman–Crippen LogP) is 4.63. The first-order valence-corrected chi connectivity index (χ1v) is 10.1. The van der Waals surface area contributed by atoms with Crippen molar-refractivity contribution in [3.8, 4) is 0 Å². The molecule has 0 N–H and O–H groups in total. The van der Waals surface area contributed by atoms with Gasteiger partial charge in [0.15, 0.2) is 0 Å². The second-order valence-electron chi connectivity index (χ2n) is 9.05. The van der Waals surface area contributed by atoms with E-state index < -0.39 is 0 Å². The van der Waals surface area contributed by atoms with Gasteiger partial charge in [-0.25, -0.2) is 4.79 Å². The number of amides is 1. The van der Waals surface area contributed by atoms with Crippen LogP contribution in [0.25, 0.3) is 6.08 Å². The van der Waals surface area contributed by atoms with E-state index in [0.717, 1.165) is 43.6 Å². The molecule has 0 saturated carbocycles. The average molecular weight is 380 g/mol. The van der Waals surface area contributed by atoms with Crippen LogP contribution >= 0.6 is 0 Å². The van der Waals surface area contributed by atoms with Crippen LogP contribution < -0.4 is 0 Å². The van der Waals surface area contributed by atoms with Crippen LogP contribution in [0.2, 0.25) is 0 Å². The molecular formula is C23H29N3O2. The molecule has 0 unspecified atom stereocenters. The number of likely N-dealkylation sites (tertiary alicyclic amines) is 1. The van der Waals surface area contributed by atoms with Gasteiger partial charge < -0.3 is 9.64 Å². The lowest BCUT2D eigenvalue weighted by molar-refractivity contribution is 0.0723. The lowest BCUT2D eigenvalue weighted by Crippen LogP contribution is -2.44. The van der Waals surface area contributed by atoms with Crippen LogP contribution in [0.15, 0.2) is 42.6 Å². The number of benzene rings is 1. The quantitative estimate of drug-likeness (QED) is 0.764. The zero-order chi connectivity index (χ0) is 19.8. The van der Waals surface area contributed by atoms with Crippen molar-refractivity contribution in [1.82, 2.24) is 14.7 Å². The van der Waals surface area contributed by atoms with Crippen molar-refractivity contribution in [3.05, 3.63) is 59.4 Å². The lowest BCUT2D eigenvalue weighted by Gasteiger charge is -2.40. The topological polar surface area (TPSA) is 47.4 Å². The third-order valence-corrected chi connectivity index (χ3v) is 5.87. The minimum atomic E-state index is -0.209. The van der Waals surface area contributed by atoms with Gasteiger partial charge in [-0.1, -0.05) is 36.4 Å². The maximum atomic E-state index is 12.4. The molecule has 1 aliphatic heterocycles. The maximum absolute atomic E-state index is 12.4. The minimum absolute atomic E-state index is 0.00970. The number of nitrogens with zero attached hydrogens (tertiary/aromatic N) is 3. The number of allylic oxidation sites excluding steroid dienone is 1. The lowest BCUT2D eigenvalue weighted by atomic mass is 9.71. The van der Waals surface area contributed by atoms with E-state index in [4.69, 9.17) is 9.84 Å². The third-order valence-electron chi connectivity index (χ3n) is 5.87. The molecule has 5 heteroatoms. The molecular weight excluding hydrogens is 350 g/mol. The molecule has 1 aromatic carbocycles. The van der Waals surface area contributed by atoms with Crippen LogP contribution in [-0.4, -0.2) is 33.9 Å². The van der Waals surface area contributed by atoms with E-state index in [1.807, 2.05) is 35.2 Å². The summed E-state index contributed by atoms with van der Waals surface area (Å²) in [4.78, 5) is 14.3. The summed E-state index contributed by atoms with van der Waals surface area (Å²) in [5, 5.41) is 4.74. The fourth-order valence-corrected chi connectivity index (χ4v) is 4.03. The van der Waals surface area contributed by atoms with Gasteiger partial charge in [-0.2, -0.15) is 5.10 Å². The number of ether oxygens (including phenoxy) is 1. The first kappa shape index (κ1) is 18.8. The smallest absolute Gasteiger partial charge is 0.410 e. The Morgan fingerprint density at radius 1 is 1.18 bits per heavy atom. The van der Waals surface area contributed by atoms with Crippen LogP contribution in [0, 0.1) is 5.41 Å². The van der Waals surface area contributed by atoms with Crippen LogP contribution in [0.3, 0.4) is 0 Å². The molecule has 1 fully saturated rings. The first-order chi connectivity index (χ1) is 13.3.